The van der Waals surface area contributed by atoms with Crippen LogP contribution in [-0.4, -0.2) is 29.9 Å². The van der Waals surface area contributed by atoms with E-state index >= 15 is 0 Å². The molecule has 1 aliphatic carbocycles. The minimum absolute atomic E-state index is 0.0206. The second kappa shape index (κ2) is 6.59. The Hall–Kier alpha value is -1.06. The molecule has 0 heterocycles. The third-order valence-electron chi connectivity index (χ3n) is 3.63. The monoisotopic (exact) mass is 277 g/mol. The van der Waals surface area contributed by atoms with E-state index in [2.05, 4.69) is 38.2 Å². The molecule has 112 valence electrons. The molecular weight excluding hydrogens is 250 g/mol. The van der Waals surface area contributed by atoms with Crippen molar-refractivity contribution in [3.63, 3.8) is 0 Å². The minimum Gasteiger partial charge on any atom is -0.491 e. The van der Waals surface area contributed by atoms with Gasteiger partial charge in [0, 0.05) is 12.1 Å². The van der Waals surface area contributed by atoms with Gasteiger partial charge in [-0.25, -0.2) is 0 Å². The second-order valence-electron chi connectivity index (χ2n) is 6.73. The molecule has 3 heteroatoms. The Bertz CT molecular complexity index is 437. The van der Waals surface area contributed by atoms with Crippen LogP contribution in [0.2, 0.25) is 0 Å². The summed E-state index contributed by atoms with van der Waals surface area (Å²) in [6, 6.07) is 6.33. The summed E-state index contributed by atoms with van der Waals surface area (Å²) < 4.78 is 5.71. The van der Waals surface area contributed by atoms with Crippen molar-refractivity contribution in [2.24, 2.45) is 0 Å². The van der Waals surface area contributed by atoms with Crippen molar-refractivity contribution in [3.05, 3.63) is 29.3 Å². The summed E-state index contributed by atoms with van der Waals surface area (Å²) in [4.78, 5) is 0. The van der Waals surface area contributed by atoms with Crippen molar-refractivity contribution in [1.82, 2.24) is 5.32 Å². The summed E-state index contributed by atoms with van der Waals surface area (Å²) in [6.07, 6.45) is 4.43. The maximum absolute atomic E-state index is 9.92. The molecule has 0 saturated carbocycles. The lowest BCUT2D eigenvalue weighted by molar-refractivity contribution is 0.1000. The summed E-state index contributed by atoms with van der Waals surface area (Å²) in [5.41, 5.74) is 2.89. The lowest BCUT2D eigenvalue weighted by Crippen LogP contribution is -2.42. The highest BCUT2D eigenvalue weighted by atomic mass is 16.5. The van der Waals surface area contributed by atoms with Crippen LogP contribution >= 0.6 is 0 Å². The lowest BCUT2D eigenvalue weighted by Gasteiger charge is -2.23. The minimum atomic E-state index is -0.481. The molecule has 0 spiro atoms. The van der Waals surface area contributed by atoms with Crippen LogP contribution < -0.4 is 10.1 Å². The van der Waals surface area contributed by atoms with Gasteiger partial charge in [0.15, 0.2) is 0 Å². The molecule has 0 amide bonds. The quantitative estimate of drug-likeness (QED) is 0.869. The molecule has 0 aliphatic heterocycles. The SMILES string of the molecule is CC(C)(C)NCC(O)COc1ccc2c(c1)CCCC2. The number of ether oxygens (including phenoxy) is 1. The Morgan fingerprint density at radius 3 is 2.60 bits per heavy atom. The summed E-state index contributed by atoms with van der Waals surface area (Å²) in [5, 5.41) is 13.2. The molecule has 1 aromatic rings. The molecule has 3 nitrogen and oxygen atoms in total. The number of nitrogens with one attached hydrogen (secondary N) is 1. The second-order valence-corrected chi connectivity index (χ2v) is 6.73. The number of fused-ring (bicyclic) bond motifs is 1. The van der Waals surface area contributed by atoms with Gasteiger partial charge in [0.05, 0.1) is 0 Å². The van der Waals surface area contributed by atoms with Crippen LogP contribution in [0.3, 0.4) is 0 Å². The van der Waals surface area contributed by atoms with E-state index in [4.69, 9.17) is 4.74 Å². The first-order chi connectivity index (χ1) is 9.44. The van der Waals surface area contributed by atoms with Crippen molar-refractivity contribution < 1.29 is 9.84 Å². The molecule has 2 rings (SSSR count). The van der Waals surface area contributed by atoms with Gasteiger partial charge in [-0.2, -0.15) is 0 Å². The standard InChI is InChI=1S/C17H27NO2/c1-17(2,3)18-11-15(19)12-20-16-9-8-13-6-4-5-7-14(13)10-16/h8-10,15,18-19H,4-7,11-12H2,1-3H3. The van der Waals surface area contributed by atoms with Crippen LogP contribution in [-0.2, 0) is 12.8 Å². The van der Waals surface area contributed by atoms with Crippen LogP contribution in [0, 0.1) is 0 Å². The predicted octanol–water partition coefficient (Wildman–Crippen LogP) is 2.69. The first-order valence-corrected chi connectivity index (χ1v) is 7.62. The number of rotatable bonds is 5. The van der Waals surface area contributed by atoms with Crippen LogP contribution in [0.5, 0.6) is 5.75 Å². The van der Waals surface area contributed by atoms with Crippen LogP contribution in [0.4, 0.5) is 0 Å². The Kier molecular flexibility index (Phi) is 5.06. The van der Waals surface area contributed by atoms with Gasteiger partial charge >= 0.3 is 0 Å². The van der Waals surface area contributed by atoms with E-state index in [1.54, 1.807) is 0 Å². The van der Waals surface area contributed by atoms with E-state index in [0.717, 1.165) is 12.2 Å². The molecule has 0 aromatic heterocycles. The van der Waals surface area contributed by atoms with Gasteiger partial charge in [-0.05, 0) is 69.7 Å². The predicted molar refractivity (Wildman–Crippen MR) is 82.3 cm³/mol. The van der Waals surface area contributed by atoms with E-state index in [-0.39, 0.29) is 5.54 Å². The third-order valence-corrected chi connectivity index (χ3v) is 3.63. The van der Waals surface area contributed by atoms with Crippen LogP contribution in [0.15, 0.2) is 18.2 Å². The number of aliphatic hydroxyl groups is 1. The van der Waals surface area contributed by atoms with Crippen molar-refractivity contribution in [2.75, 3.05) is 13.2 Å². The summed E-state index contributed by atoms with van der Waals surface area (Å²) >= 11 is 0. The summed E-state index contributed by atoms with van der Waals surface area (Å²) in [7, 11) is 0. The molecule has 0 bridgehead atoms. The summed E-state index contributed by atoms with van der Waals surface area (Å²) in [6.45, 7) is 7.15. The average molecular weight is 277 g/mol. The average Bonchev–Trinajstić information content (AvgIpc) is 2.42. The van der Waals surface area contributed by atoms with E-state index in [0.29, 0.717) is 13.2 Å². The van der Waals surface area contributed by atoms with Gasteiger partial charge in [0.1, 0.15) is 18.5 Å². The number of β-amino-alcohol motifs (C(OH)–C–C–N with tert-alkyl or cyclic N) is 1. The normalized spacial score (nSPS) is 16.6. The molecule has 1 aromatic carbocycles. The molecule has 1 atom stereocenters. The van der Waals surface area contributed by atoms with Gasteiger partial charge in [-0.1, -0.05) is 6.07 Å². The number of aryl methyl sites for hydroxylation is 2. The van der Waals surface area contributed by atoms with Gasteiger partial charge in [0.2, 0.25) is 0 Å². The Balaban J connectivity index is 1.81. The Morgan fingerprint density at radius 1 is 1.20 bits per heavy atom. The van der Waals surface area contributed by atoms with E-state index in [1.165, 1.54) is 30.4 Å². The Morgan fingerprint density at radius 2 is 1.90 bits per heavy atom. The number of hydrogen-bond donors (Lipinski definition) is 2. The van der Waals surface area contributed by atoms with Gasteiger partial charge < -0.3 is 15.2 Å². The molecule has 0 saturated heterocycles. The number of hydrogen-bond acceptors (Lipinski definition) is 3. The smallest absolute Gasteiger partial charge is 0.119 e. The maximum Gasteiger partial charge on any atom is 0.119 e. The van der Waals surface area contributed by atoms with E-state index < -0.39 is 6.10 Å². The van der Waals surface area contributed by atoms with Crippen LogP contribution in [0.25, 0.3) is 0 Å². The van der Waals surface area contributed by atoms with Gasteiger partial charge in [-0.15, -0.1) is 0 Å². The Labute approximate surface area is 122 Å². The fourth-order valence-electron chi connectivity index (χ4n) is 2.47. The maximum atomic E-state index is 9.92. The highest BCUT2D eigenvalue weighted by Crippen LogP contribution is 2.25. The van der Waals surface area contributed by atoms with Crippen molar-refractivity contribution in [2.45, 2.75) is 58.1 Å². The largest absolute Gasteiger partial charge is 0.491 e. The lowest BCUT2D eigenvalue weighted by atomic mass is 9.92. The van der Waals surface area contributed by atoms with Gasteiger partial charge in [-0.3, -0.25) is 0 Å². The number of benzene rings is 1. The van der Waals surface area contributed by atoms with Crippen molar-refractivity contribution in [1.29, 1.82) is 0 Å². The first-order valence-electron chi connectivity index (χ1n) is 7.62. The van der Waals surface area contributed by atoms with Crippen molar-refractivity contribution in [3.8, 4) is 5.75 Å². The van der Waals surface area contributed by atoms with Gasteiger partial charge in [0.25, 0.3) is 0 Å². The molecule has 0 radical (unpaired) electrons. The van der Waals surface area contributed by atoms with E-state index in [1.807, 2.05) is 6.07 Å². The highest BCUT2D eigenvalue weighted by molar-refractivity contribution is 5.37. The molecular formula is C17H27NO2. The molecule has 2 N–H and O–H groups in total. The molecule has 1 aliphatic rings. The molecule has 20 heavy (non-hydrogen) atoms. The fraction of sp³-hybridized carbons (Fsp3) is 0.647. The third kappa shape index (κ3) is 4.80. The molecule has 0 fully saturated rings. The fourth-order valence-corrected chi connectivity index (χ4v) is 2.47. The number of aliphatic hydroxyl groups excluding tert-OH is 1. The first kappa shape index (κ1) is 15.3. The zero-order chi connectivity index (χ0) is 14.6. The van der Waals surface area contributed by atoms with Crippen molar-refractivity contribution >= 4 is 0 Å². The zero-order valence-electron chi connectivity index (χ0n) is 12.9. The highest BCUT2D eigenvalue weighted by Gasteiger charge is 2.13. The van der Waals surface area contributed by atoms with Crippen LogP contribution in [0.1, 0.15) is 44.7 Å². The summed E-state index contributed by atoms with van der Waals surface area (Å²) in [5.74, 6) is 0.875. The topological polar surface area (TPSA) is 41.5 Å². The molecule has 1 unspecified atom stereocenters. The van der Waals surface area contributed by atoms with E-state index in [9.17, 15) is 5.11 Å². The zero-order valence-corrected chi connectivity index (χ0v) is 12.9.